The van der Waals surface area contributed by atoms with Crippen LogP contribution in [0.15, 0.2) is 24.3 Å². The maximum Gasteiger partial charge on any atom is 0.169 e. The van der Waals surface area contributed by atoms with Gasteiger partial charge in [-0.1, -0.05) is 35.7 Å². The highest BCUT2D eigenvalue weighted by atomic mass is 127. The minimum atomic E-state index is -0.200. The predicted octanol–water partition coefficient (Wildman–Crippen LogP) is 3.25. The minimum absolute atomic E-state index is 0.200. The lowest BCUT2D eigenvalue weighted by Crippen LogP contribution is -2.01. The smallest absolute Gasteiger partial charge is 0.169 e. The van der Waals surface area contributed by atoms with E-state index in [0.717, 1.165) is 5.56 Å². The van der Waals surface area contributed by atoms with Crippen molar-refractivity contribution in [2.24, 2.45) is 0 Å². The number of alkyl halides is 1. The molecule has 1 rings (SSSR count). The van der Waals surface area contributed by atoms with Gasteiger partial charge in [0.2, 0.25) is 0 Å². The fourth-order valence-electron chi connectivity index (χ4n) is 0.827. The molecule has 0 saturated heterocycles. The summed E-state index contributed by atoms with van der Waals surface area (Å²) in [7, 11) is 0. The molecule has 0 aromatic heterocycles. The standard InChI is InChI=1S/C10H8ClIO/c1-2-10(12)13-7-8-5-3-4-6-9(8)11/h1,3-6,10H,7H2. The summed E-state index contributed by atoms with van der Waals surface area (Å²) in [6.45, 7) is 0.456. The van der Waals surface area contributed by atoms with Crippen LogP contribution >= 0.6 is 34.2 Å². The third-order valence-electron chi connectivity index (χ3n) is 1.47. The molecule has 0 N–H and O–H groups in total. The second-order valence-electron chi connectivity index (χ2n) is 2.39. The topological polar surface area (TPSA) is 9.23 Å². The van der Waals surface area contributed by atoms with Gasteiger partial charge in [0.05, 0.1) is 6.61 Å². The summed E-state index contributed by atoms with van der Waals surface area (Å²) in [6, 6.07) is 7.55. The second-order valence-corrected chi connectivity index (χ2v) is 3.92. The molecule has 0 bridgehead atoms. The molecule has 68 valence electrons. The molecule has 1 nitrogen and oxygen atoms in total. The van der Waals surface area contributed by atoms with Gasteiger partial charge in [-0.05, 0) is 34.2 Å². The zero-order valence-electron chi connectivity index (χ0n) is 6.84. The van der Waals surface area contributed by atoms with Crippen molar-refractivity contribution in [2.75, 3.05) is 0 Å². The van der Waals surface area contributed by atoms with Crippen LogP contribution in [0.1, 0.15) is 5.56 Å². The van der Waals surface area contributed by atoms with Gasteiger partial charge in [-0.3, -0.25) is 0 Å². The Morgan fingerprint density at radius 3 is 2.85 bits per heavy atom. The van der Waals surface area contributed by atoms with Gasteiger partial charge in [0.15, 0.2) is 4.11 Å². The molecular formula is C10H8ClIO. The van der Waals surface area contributed by atoms with Crippen LogP contribution in [0, 0.1) is 12.3 Å². The van der Waals surface area contributed by atoms with Crippen molar-refractivity contribution in [3.63, 3.8) is 0 Å². The van der Waals surface area contributed by atoms with Gasteiger partial charge in [0.25, 0.3) is 0 Å². The van der Waals surface area contributed by atoms with Crippen molar-refractivity contribution in [3.8, 4) is 12.3 Å². The van der Waals surface area contributed by atoms with Crippen LogP contribution in [-0.2, 0) is 11.3 Å². The van der Waals surface area contributed by atoms with Crippen molar-refractivity contribution in [1.82, 2.24) is 0 Å². The molecule has 0 saturated carbocycles. The number of benzene rings is 1. The fourth-order valence-corrected chi connectivity index (χ4v) is 1.20. The van der Waals surface area contributed by atoms with Gasteiger partial charge in [0.1, 0.15) is 0 Å². The van der Waals surface area contributed by atoms with Crippen molar-refractivity contribution in [3.05, 3.63) is 34.9 Å². The van der Waals surface area contributed by atoms with Crippen LogP contribution in [0.4, 0.5) is 0 Å². The maximum atomic E-state index is 5.92. The highest BCUT2D eigenvalue weighted by Gasteiger charge is 2.02. The van der Waals surface area contributed by atoms with E-state index in [9.17, 15) is 0 Å². The van der Waals surface area contributed by atoms with E-state index in [2.05, 4.69) is 5.92 Å². The van der Waals surface area contributed by atoms with E-state index in [0.29, 0.717) is 11.6 Å². The fraction of sp³-hybridized carbons (Fsp3) is 0.200. The van der Waals surface area contributed by atoms with Crippen LogP contribution in [0.3, 0.4) is 0 Å². The highest BCUT2D eigenvalue weighted by Crippen LogP contribution is 2.17. The largest absolute Gasteiger partial charge is 0.351 e. The molecule has 0 aliphatic carbocycles. The molecule has 0 fully saturated rings. The predicted molar refractivity (Wildman–Crippen MR) is 62.9 cm³/mol. The summed E-state index contributed by atoms with van der Waals surface area (Å²) >= 11 is 7.96. The Morgan fingerprint density at radius 1 is 1.54 bits per heavy atom. The molecule has 1 unspecified atom stereocenters. The first-order valence-corrected chi connectivity index (χ1v) is 5.31. The molecule has 13 heavy (non-hydrogen) atoms. The number of hydrogen-bond donors (Lipinski definition) is 0. The van der Waals surface area contributed by atoms with Gasteiger partial charge >= 0.3 is 0 Å². The lowest BCUT2D eigenvalue weighted by Gasteiger charge is -2.06. The van der Waals surface area contributed by atoms with Crippen LogP contribution in [0.5, 0.6) is 0 Å². The Labute approximate surface area is 96.6 Å². The van der Waals surface area contributed by atoms with Gasteiger partial charge in [-0.2, -0.15) is 0 Å². The molecule has 0 aliphatic rings. The molecule has 1 aromatic rings. The SMILES string of the molecule is C#CC(I)OCc1ccccc1Cl. The summed E-state index contributed by atoms with van der Waals surface area (Å²) in [5.41, 5.74) is 0.959. The van der Waals surface area contributed by atoms with Gasteiger partial charge in [0, 0.05) is 5.02 Å². The summed E-state index contributed by atoms with van der Waals surface area (Å²) in [5.74, 6) is 2.48. The van der Waals surface area contributed by atoms with E-state index in [1.54, 1.807) is 0 Å². The van der Waals surface area contributed by atoms with Crippen LogP contribution in [0.25, 0.3) is 0 Å². The van der Waals surface area contributed by atoms with Gasteiger partial charge < -0.3 is 4.74 Å². The Morgan fingerprint density at radius 2 is 2.23 bits per heavy atom. The van der Waals surface area contributed by atoms with Gasteiger partial charge in [-0.25, -0.2) is 0 Å². The van der Waals surface area contributed by atoms with Crippen molar-refractivity contribution >= 4 is 34.2 Å². The third kappa shape index (κ3) is 3.55. The minimum Gasteiger partial charge on any atom is -0.351 e. The summed E-state index contributed by atoms with van der Waals surface area (Å²) in [5, 5.41) is 0.711. The van der Waals surface area contributed by atoms with Crippen LogP contribution < -0.4 is 0 Å². The molecule has 0 aliphatic heterocycles. The first-order valence-electron chi connectivity index (χ1n) is 3.69. The zero-order valence-corrected chi connectivity index (χ0v) is 9.75. The number of ether oxygens (including phenoxy) is 1. The molecule has 0 spiro atoms. The molecular weight excluding hydrogens is 298 g/mol. The molecule has 0 amide bonds. The van der Waals surface area contributed by atoms with E-state index >= 15 is 0 Å². The van der Waals surface area contributed by atoms with Crippen LogP contribution in [-0.4, -0.2) is 4.11 Å². The lowest BCUT2D eigenvalue weighted by molar-refractivity contribution is 0.141. The van der Waals surface area contributed by atoms with Crippen LogP contribution in [0.2, 0.25) is 5.02 Å². The van der Waals surface area contributed by atoms with E-state index in [1.807, 2.05) is 46.9 Å². The normalized spacial score (nSPS) is 12.1. The lowest BCUT2D eigenvalue weighted by atomic mass is 10.2. The Balaban J connectivity index is 2.56. The number of terminal acetylenes is 1. The molecule has 1 aromatic carbocycles. The maximum absolute atomic E-state index is 5.92. The van der Waals surface area contributed by atoms with Crippen molar-refractivity contribution in [1.29, 1.82) is 0 Å². The zero-order chi connectivity index (χ0) is 9.68. The summed E-state index contributed by atoms with van der Waals surface area (Å²) < 4.78 is 5.12. The Hall–Kier alpha value is -0.240. The molecule has 3 heteroatoms. The molecule has 0 radical (unpaired) electrons. The highest BCUT2D eigenvalue weighted by molar-refractivity contribution is 14.1. The number of halogens is 2. The molecule has 0 heterocycles. The first kappa shape index (κ1) is 10.8. The van der Waals surface area contributed by atoms with Gasteiger partial charge in [-0.15, -0.1) is 6.42 Å². The monoisotopic (exact) mass is 306 g/mol. The van der Waals surface area contributed by atoms with E-state index in [1.165, 1.54) is 0 Å². The molecule has 1 atom stereocenters. The van der Waals surface area contributed by atoms with Crippen molar-refractivity contribution < 1.29 is 4.74 Å². The van der Waals surface area contributed by atoms with E-state index < -0.39 is 0 Å². The Kier molecular flexibility index (Phi) is 4.57. The number of hydrogen-bond acceptors (Lipinski definition) is 1. The Bertz CT molecular complexity index is 319. The van der Waals surface area contributed by atoms with Crippen molar-refractivity contribution in [2.45, 2.75) is 10.7 Å². The first-order chi connectivity index (χ1) is 6.24. The average Bonchev–Trinajstić information content (AvgIpc) is 2.16. The van der Waals surface area contributed by atoms with E-state index in [4.69, 9.17) is 22.8 Å². The summed E-state index contributed by atoms with van der Waals surface area (Å²) in [4.78, 5) is 0. The van der Waals surface area contributed by atoms with E-state index in [-0.39, 0.29) is 4.11 Å². The quantitative estimate of drug-likeness (QED) is 0.473. The average molecular weight is 307 g/mol. The third-order valence-corrected chi connectivity index (χ3v) is 2.56. The second kappa shape index (κ2) is 5.48. The summed E-state index contributed by atoms with van der Waals surface area (Å²) in [6.07, 6.45) is 5.16. The number of rotatable bonds is 3.